The van der Waals surface area contributed by atoms with Crippen LogP contribution in [0.5, 0.6) is 0 Å². The molecule has 0 amide bonds. The van der Waals surface area contributed by atoms with Gasteiger partial charge in [0.2, 0.25) is 0 Å². The second-order valence-corrected chi connectivity index (χ2v) is 7.62. The van der Waals surface area contributed by atoms with Crippen molar-refractivity contribution in [2.24, 2.45) is 10.9 Å². The fraction of sp³-hybridized carbons (Fsp3) is 0.450. The Morgan fingerprint density at radius 1 is 1.48 bits per heavy atom. The second-order valence-electron chi connectivity index (χ2n) is 7.21. The Balaban J connectivity index is 1.63. The zero-order valence-corrected chi connectivity index (χ0v) is 14.8. The molecule has 0 bridgehead atoms. The molecule has 3 rings (SSSR count). The molecule has 3 heteroatoms. The molecule has 2 nitrogen and oxygen atoms in total. The minimum atomic E-state index is 0.265. The molecule has 0 heterocycles. The van der Waals surface area contributed by atoms with Crippen molar-refractivity contribution in [3.05, 3.63) is 52.7 Å². The van der Waals surface area contributed by atoms with Crippen molar-refractivity contribution in [2.45, 2.75) is 44.9 Å². The summed E-state index contributed by atoms with van der Waals surface area (Å²) in [6, 6.07) is 4.27. The molecular weight excluding hydrogens is 304 g/mol. The summed E-state index contributed by atoms with van der Waals surface area (Å²) in [6.07, 6.45) is 6.73. The molecule has 0 aromatic heterocycles. The van der Waals surface area contributed by atoms with Crippen molar-refractivity contribution in [2.75, 3.05) is 11.9 Å². The fourth-order valence-electron chi connectivity index (χ4n) is 2.92. The normalized spacial score (nSPS) is 22.0. The van der Waals surface area contributed by atoms with Crippen LogP contribution in [0.4, 0.5) is 5.69 Å². The van der Waals surface area contributed by atoms with Gasteiger partial charge in [0.25, 0.3) is 0 Å². The van der Waals surface area contributed by atoms with E-state index in [9.17, 15) is 0 Å². The number of halogens is 1. The summed E-state index contributed by atoms with van der Waals surface area (Å²) in [4.78, 5) is 4.47. The molecule has 1 N–H and O–H groups in total. The first kappa shape index (κ1) is 16.3. The highest BCUT2D eigenvalue weighted by Crippen LogP contribution is 2.50. The first-order chi connectivity index (χ1) is 10.9. The average Bonchev–Trinajstić information content (AvgIpc) is 3.23. The first-order valence-electron chi connectivity index (χ1n) is 8.33. The van der Waals surface area contributed by atoms with Crippen LogP contribution >= 0.6 is 11.6 Å². The Bertz CT molecular complexity index is 683. The van der Waals surface area contributed by atoms with E-state index in [1.807, 2.05) is 6.21 Å². The van der Waals surface area contributed by atoms with E-state index < -0.39 is 0 Å². The monoisotopic (exact) mass is 328 g/mol. The highest BCUT2D eigenvalue weighted by Gasteiger charge is 2.40. The molecular formula is C20H25ClN2. The fourth-order valence-corrected chi connectivity index (χ4v) is 3.36. The molecule has 2 saturated carbocycles. The van der Waals surface area contributed by atoms with Gasteiger partial charge in [0.15, 0.2) is 0 Å². The lowest BCUT2D eigenvalue weighted by Crippen LogP contribution is -2.16. The molecule has 0 saturated heterocycles. The third-order valence-corrected chi connectivity index (χ3v) is 5.50. The molecule has 2 aliphatic carbocycles. The summed E-state index contributed by atoms with van der Waals surface area (Å²) < 4.78 is 0. The second kappa shape index (κ2) is 6.16. The number of anilines is 1. The first-order valence-corrected chi connectivity index (χ1v) is 8.71. The number of hydrogen-bond donors (Lipinski definition) is 1. The van der Waals surface area contributed by atoms with Gasteiger partial charge in [-0.3, -0.25) is 4.99 Å². The Hall–Kier alpha value is -1.54. The number of aryl methyl sites for hydroxylation is 1. The van der Waals surface area contributed by atoms with Crippen LogP contribution in [0, 0.1) is 12.8 Å². The van der Waals surface area contributed by atoms with Gasteiger partial charge in [-0.1, -0.05) is 37.3 Å². The van der Waals surface area contributed by atoms with Gasteiger partial charge in [-0.05, 0) is 61.3 Å². The molecule has 2 aliphatic rings. The maximum Gasteiger partial charge on any atom is 0.0567 e. The quantitative estimate of drug-likeness (QED) is 0.528. The lowest BCUT2D eigenvalue weighted by atomic mass is 9.81. The van der Waals surface area contributed by atoms with E-state index in [2.05, 4.69) is 49.4 Å². The molecule has 0 radical (unpaired) electrons. The summed E-state index contributed by atoms with van der Waals surface area (Å²) >= 11 is 6.43. The van der Waals surface area contributed by atoms with Crippen molar-refractivity contribution < 1.29 is 0 Å². The minimum absolute atomic E-state index is 0.265. The molecule has 1 aromatic rings. The van der Waals surface area contributed by atoms with E-state index >= 15 is 0 Å². The van der Waals surface area contributed by atoms with Crippen LogP contribution in [0.3, 0.4) is 0 Å². The van der Waals surface area contributed by atoms with E-state index in [0.29, 0.717) is 12.5 Å². The summed E-state index contributed by atoms with van der Waals surface area (Å²) in [7, 11) is 0. The van der Waals surface area contributed by atoms with Crippen LogP contribution in [0.1, 0.15) is 43.7 Å². The molecule has 0 aliphatic heterocycles. The SMILES string of the molecule is C=C(CNc1cc(C2(C)CC2)c(Cl)cc1C)/N=C/C1CCC1=C. The molecule has 1 aromatic carbocycles. The number of hydrogen-bond acceptors (Lipinski definition) is 2. The van der Waals surface area contributed by atoms with Gasteiger partial charge >= 0.3 is 0 Å². The number of rotatable bonds is 6. The molecule has 0 spiro atoms. The molecule has 23 heavy (non-hydrogen) atoms. The van der Waals surface area contributed by atoms with Crippen molar-refractivity contribution in [3.63, 3.8) is 0 Å². The summed E-state index contributed by atoms with van der Waals surface area (Å²) in [5.41, 5.74) is 5.94. The van der Waals surface area contributed by atoms with E-state index in [4.69, 9.17) is 11.6 Å². The van der Waals surface area contributed by atoms with E-state index in [1.165, 1.54) is 30.4 Å². The predicted octanol–water partition coefficient (Wildman–Crippen LogP) is 5.66. The predicted molar refractivity (Wildman–Crippen MR) is 101 cm³/mol. The third kappa shape index (κ3) is 3.53. The highest BCUT2D eigenvalue weighted by atomic mass is 35.5. The van der Waals surface area contributed by atoms with Crippen molar-refractivity contribution >= 4 is 23.5 Å². The molecule has 2 fully saturated rings. The Morgan fingerprint density at radius 3 is 2.78 bits per heavy atom. The number of nitrogens with one attached hydrogen (secondary N) is 1. The molecule has 1 unspecified atom stereocenters. The smallest absolute Gasteiger partial charge is 0.0567 e. The van der Waals surface area contributed by atoms with Crippen LogP contribution in [0.2, 0.25) is 5.02 Å². The zero-order chi connectivity index (χ0) is 16.6. The Morgan fingerprint density at radius 2 is 2.22 bits per heavy atom. The topological polar surface area (TPSA) is 24.4 Å². The summed E-state index contributed by atoms with van der Waals surface area (Å²) in [5, 5.41) is 4.34. The largest absolute Gasteiger partial charge is 0.379 e. The average molecular weight is 329 g/mol. The molecule has 1 atom stereocenters. The van der Waals surface area contributed by atoms with Gasteiger partial charge in [-0.25, -0.2) is 0 Å². The van der Waals surface area contributed by atoms with Crippen molar-refractivity contribution in [1.82, 2.24) is 0 Å². The Labute approximate surface area is 144 Å². The lowest BCUT2D eigenvalue weighted by Gasteiger charge is -2.24. The van der Waals surface area contributed by atoms with Crippen LogP contribution in [-0.4, -0.2) is 12.8 Å². The summed E-state index contributed by atoms with van der Waals surface area (Å²) in [6.45, 7) is 13.1. The number of nitrogens with zero attached hydrogens (tertiary/aromatic N) is 1. The van der Waals surface area contributed by atoms with Crippen LogP contribution in [-0.2, 0) is 5.41 Å². The van der Waals surface area contributed by atoms with Gasteiger partial charge in [-0.2, -0.15) is 0 Å². The van der Waals surface area contributed by atoms with Crippen LogP contribution < -0.4 is 5.32 Å². The van der Waals surface area contributed by atoms with E-state index in [1.54, 1.807) is 0 Å². The number of aliphatic imine (C=N–C) groups is 1. The zero-order valence-electron chi connectivity index (χ0n) is 14.1. The maximum atomic E-state index is 6.43. The van der Waals surface area contributed by atoms with Crippen molar-refractivity contribution in [3.8, 4) is 0 Å². The van der Waals surface area contributed by atoms with Gasteiger partial charge in [0.05, 0.1) is 12.2 Å². The van der Waals surface area contributed by atoms with Gasteiger partial charge in [0.1, 0.15) is 0 Å². The summed E-state index contributed by atoms with van der Waals surface area (Å²) in [5.74, 6) is 0.449. The highest BCUT2D eigenvalue weighted by molar-refractivity contribution is 6.31. The Kier molecular flexibility index (Phi) is 4.37. The van der Waals surface area contributed by atoms with E-state index in [0.717, 1.165) is 28.4 Å². The van der Waals surface area contributed by atoms with E-state index in [-0.39, 0.29) is 5.41 Å². The number of allylic oxidation sites excluding steroid dienone is 1. The van der Waals surface area contributed by atoms with Gasteiger partial charge < -0.3 is 5.32 Å². The van der Waals surface area contributed by atoms with Crippen LogP contribution in [0.15, 0.2) is 41.6 Å². The molecule has 122 valence electrons. The van der Waals surface area contributed by atoms with Gasteiger partial charge in [0, 0.05) is 22.8 Å². The van der Waals surface area contributed by atoms with Crippen LogP contribution in [0.25, 0.3) is 0 Å². The maximum absolute atomic E-state index is 6.43. The minimum Gasteiger partial charge on any atom is -0.379 e. The lowest BCUT2D eigenvalue weighted by molar-refractivity contribution is 0.574. The van der Waals surface area contributed by atoms with Crippen molar-refractivity contribution in [1.29, 1.82) is 0 Å². The third-order valence-electron chi connectivity index (χ3n) is 5.19. The van der Waals surface area contributed by atoms with Gasteiger partial charge in [-0.15, -0.1) is 0 Å². The number of benzene rings is 1. The standard InChI is InChI=1S/C20H25ClN2/c1-13-5-6-16(13)12-22-15(3)11-23-19-10-17(20(4)7-8-20)18(21)9-14(19)2/h9-10,12,16,23H,1,3,5-8,11H2,2,4H3/b22-12+.